The lowest BCUT2D eigenvalue weighted by Crippen LogP contribution is -2.47. The third-order valence-electron chi connectivity index (χ3n) is 3.08. The highest BCUT2D eigenvalue weighted by Crippen LogP contribution is 2.20. The first kappa shape index (κ1) is 16.6. The number of nitrogens with zero attached hydrogens (tertiary/aromatic N) is 1. The van der Waals surface area contributed by atoms with Gasteiger partial charge in [0.25, 0.3) is 0 Å². The lowest BCUT2D eigenvalue weighted by atomic mass is 10.2. The van der Waals surface area contributed by atoms with Gasteiger partial charge in [0.1, 0.15) is 6.04 Å². The molecule has 1 aliphatic rings. The predicted octanol–water partition coefficient (Wildman–Crippen LogP) is 0.460. The monoisotopic (exact) mass is 303 g/mol. The molecule has 1 aliphatic heterocycles. The molecule has 0 radical (unpaired) electrons. The summed E-state index contributed by atoms with van der Waals surface area (Å²) < 4.78 is 0. The van der Waals surface area contributed by atoms with Gasteiger partial charge in [-0.25, -0.2) is 9.59 Å². The average Bonchev–Trinajstić information content (AvgIpc) is 2.87. The van der Waals surface area contributed by atoms with E-state index < -0.39 is 18.0 Å². The van der Waals surface area contributed by atoms with Crippen LogP contribution in [0.5, 0.6) is 0 Å². The maximum atomic E-state index is 11.8. The SMILES string of the molecule is CCC(C)NC(=O)CCNC(=O)N1CSCC1C(=O)O. The van der Waals surface area contributed by atoms with Crippen LogP contribution in [0.4, 0.5) is 4.79 Å². The van der Waals surface area contributed by atoms with E-state index in [9.17, 15) is 14.4 Å². The van der Waals surface area contributed by atoms with E-state index in [1.54, 1.807) is 0 Å². The van der Waals surface area contributed by atoms with E-state index in [-0.39, 0.29) is 24.9 Å². The molecule has 0 saturated carbocycles. The number of amides is 3. The van der Waals surface area contributed by atoms with E-state index in [2.05, 4.69) is 10.6 Å². The van der Waals surface area contributed by atoms with Crippen LogP contribution in [-0.2, 0) is 9.59 Å². The Morgan fingerprint density at radius 1 is 1.45 bits per heavy atom. The summed E-state index contributed by atoms with van der Waals surface area (Å²) in [6, 6.07) is -1.10. The van der Waals surface area contributed by atoms with E-state index in [1.165, 1.54) is 16.7 Å². The second kappa shape index (κ2) is 7.98. The van der Waals surface area contributed by atoms with Gasteiger partial charge in [0.2, 0.25) is 5.91 Å². The van der Waals surface area contributed by atoms with Crippen molar-refractivity contribution in [3.05, 3.63) is 0 Å². The number of carboxylic acid groups (broad SMARTS) is 1. The molecule has 1 saturated heterocycles. The van der Waals surface area contributed by atoms with Crippen LogP contribution in [0.3, 0.4) is 0 Å². The first-order valence-electron chi connectivity index (χ1n) is 6.60. The zero-order chi connectivity index (χ0) is 15.1. The van der Waals surface area contributed by atoms with Crippen LogP contribution < -0.4 is 10.6 Å². The van der Waals surface area contributed by atoms with Crippen molar-refractivity contribution in [1.82, 2.24) is 15.5 Å². The molecule has 2 unspecified atom stereocenters. The number of rotatable bonds is 6. The predicted molar refractivity (Wildman–Crippen MR) is 76.5 cm³/mol. The zero-order valence-electron chi connectivity index (χ0n) is 11.7. The topological polar surface area (TPSA) is 98.7 Å². The minimum atomic E-state index is -1.00. The summed E-state index contributed by atoms with van der Waals surface area (Å²) in [7, 11) is 0. The Labute approximate surface area is 122 Å². The summed E-state index contributed by atoms with van der Waals surface area (Å²) >= 11 is 1.40. The molecule has 8 heteroatoms. The lowest BCUT2D eigenvalue weighted by Gasteiger charge is -2.20. The Morgan fingerprint density at radius 2 is 2.15 bits per heavy atom. The second-order valence-electron chi connectivity index (χ2n) is 4.68. The van der Waals surface area contributed by atoms with Crippen LogP contribution in [0, 0.1) is 0 Å². The molecular weight excluding hydrogens is 282 g/mol. The number of carbonyl (C=O) groups excluding carboxylic acids is 2. The first-order chi connectivity index (χ1) is 9.45. The Hall–Kier alpha value is -1.44. The van der Waals surface area contributed by atoms with Crippen molar-refractivity contribution in [2.75, 3.05) is 18.2 Å². The molecule has 114 valence electrons. The Balaban J connectivity index is 2.29. The fourth-order valence-corrected chi connectivity index (χ4v) is 2.83. The van der Waals surface area contributed by atoms with Gasteiger partial charge in [-0.1, -0.05) is 6.92 Å². The Morgan fingerprint density at radius 3 is 2.75 bits per heavy atom. The van der Waals surface area contributed by atoms with Crippen molar-refractivity contribution >= 4 is 29.7 Å². The van der Waals surface area contributed by atoms with Gasteiger partial charge in [0.05, 0.1) is 5.88 Å². The summed E-state index contributed by atoms with van der Waals surface area (Å²) in [5.74, 6) is -0.357. The first-order valence-corrected chi connectivity index (χ1v) is 7.75. The van der Waals surface area contributed by atoms with E-state index in [0.717, 1.165) is 6.42 Å². The maximum absolute atomic E-state index is 11.8. The van der Waals surface area contributed by atoms with Gasteiger partial charge < -0.3 is 20.6 Å². The van der Waals surface area contributed by atoms with Gasteiger partial charge in [-0.15, -0.1) is 11.8 Å². The number of nitrogens with one attached hydrogen (secondary N) is 2. The van der Waals surface area contributed by atoms with Crippen molar-refractivity contribution in [2.24, 2.45) is 0 Å². The number of urea groups is 1. The van der Waals surface area contributed by atoms with Gasteiger partial charge in [0.15, 0.2) is 0 Å². The molecule has 0 aliphatic carbocycles. The fraction of sp³-hybridized carbons (Fsp3) is 0.750. The summed E-state index contributed by atoms with van der Waals surface area (Å²) in [4.78, 5) is 35.6. The number of thioether (sulfide) groups is 1. The van der Waals surface area contributed by atoms with Gasteiger partial charge in [-0.05, 0) is 13.3 Å². The second-order valence-corrected chi connectivity index (χ2v) is 5.68. The largest absolute Gasteiger partial charge is 0.480 e. The van der Waals surface area contributed by atoms with Crippen LogP contribution in [0.15, 0.2) is 0 Å². The van der Waals surface area contributed by atoms with Gasteiger partial charge in [-0.3, -0.25) is 4.79 Å². The van der Waals surface area contributed by atoms with Gasteiger partial charge >= 0.3 is 12.0 Å². The molecule has 3 N–H and O–H groups in total. The van der Waals surface area contributed by atoms with E-state index in [4.69, 9.17) is 5.11 Å². The van der Waals surface area contributed by atoms with Crippen molar-refractivity contribution in [1.29, 1.82) is 0 Å². The van der Waals surface area contributed by atoms with Crippen LogP contribution in [0.25, 0.3) is 0 Å². The summed E-state index contributed by atoms with van der Waals surface area (Å²) in [6.45, 7) is 4.09. The molecule has 1 fully saturated rings. The highest BCUT2D eigenvalue weighted by atomic mass is 32.2. The molecule has 1 rings (SSSR count). The number of carbonyl (C=O) groups is 3. The average molecular weight is 303 g/mol. The van der Waals surface area contributed by atoms with Crippen molar-refractivity contribution in [3.8, 4) is 0 Å². The van der Waals surface area contributed by atoms with Crippen LogP contribution in [0.1, 0.15) is 26.7 Å². The number of aliphatic carboxylic acids is 1. The summed E-state index contributed by atoms with van der Waals surface area (Å²) in [5.41, 5.74) is 0. The molecule has 20 heavy (non-hydrogen) atoms. The lowest BCUT2D eigenvalue weighted by molar-refractivity contribution is -0.140. The van der Waals surface area contributed by atoms with Crippen LogP contribution in [-0.4, -0.2) is 58.2 Å². The smallest absolute Gasteiger partial charge is 0.327 e. The Kier molecular flexibility index (Phi) is 6.63. The molecule has 0 bridgehead atoms. The van der Waals surface area contributed by atoms with Crippen molar-refractivity contribution < 1.29 is 19.5 Å². The van der Waals surface area contributed by atoms with Gasteiger partial charge in [-0.2, -0.15) is 0 Å². The molecule has 3 amide bonds. The molecule has 0 spiro atoms. The maximum Gasteiger partial charge on any atom is 0.327 e. The van der Waals surface area contributed by atoms with E-state index in [0.29, 0.717) is 11.6 Å². The quantitative estimate of drug-likeness (QED) is 0.662. The highest BCUT2D eigenvalue weighted by molar-refractivity contribution is 7.99. The molecule has 0 aromatic rings. The normalized spacial score (nSPS) is 19.5. The molecule has 0 aromatic carbocycles. The minimum absolute atomic E-state index is 0.115. The minimum Gasteiger partial charge on any atom is -0.480 e. The highest BCUT2D eigenvalue weighted by Gasteiger charge is 2.34. The van der Waals surface area contributed by atoms with Crippen LogP contribution in [0.2, 0.25) is 0 Å². The molecule has 2 atom stereocenters. The standard InChI is InChI=1S/C12H21N3O4S/c1-3-8(2)14-10(16)4-5-13-12(19)15-7-20-6-9(15)11(17)18/h8-9H,3-7H2,1-2H3,(H,13,19)(H,14,16)(H,17,18). The fourth-order valence-electron chi connectivity index (χ4n) is 1.68. The number of carboxylic acids is 1. The Bertz CT molecular complexity index is 378. The third-order valence-corrected chi connectivity index (χ3v) is 4.09. The third kappa shape index (κ3) is 4.92. The molecule has 1 heterocycles. The number of hydrogen-bond donors (Lipinski definition) is 3. The van der Waals surface area contributed by atoms with Crippen molar-refractivity contribution in [2.45, 2.75) is 38.8 Å². The van der Waals surface area contributed by atoms with E-state index in [1.807, 2.05) is 13.8 Å². The van der Waals surface area contributed by atoms with E-state index >= 15 is 0 Å². The molecule has 0 aromatic heterocycles. The zero-order valence-corrected chi connectivity index (χ0v) is 12.5. The summed E-state index contributed by atoms with van der Waals surface area (Å²) in [6.07, 6.45) is 1.04. The van der Waals surface area contributed by atoms with Crippen LogP contribution >= 0.6 is 11.8 Å². The summed E-state index contributed by atoms with van der Waals surface area (Å²) in [5, 5.41) is 14.4. The molecular formula is C12H21N3O4S. The molecule has 7 nitrogen and oxygen atoms in total. The number of hydrogen-bond acceptors (Lipinski definition) is 4. The van der Waals surface area contributed by atoms with Gasteiger partial charge in [0, 0.05) is 24.8 Å². The van der Waals surface area contributed by atoms with Crippen molar-refractivity contribution in [3.63, 3.8) is 0 Å².